The van der Waals surface area contributed by atoms with Gasteiger partial charge in [0.05, 0.1) is 35.2 Å². The molecule has 0 aliphatic carbocycles. The van der Waals surface area contributed by atoms with Crippen LogP contribution in [-0.4, -0.2) is 27.4 Å². The molecule has 4 aromatic rings. The van der Waals surface area contributed by atoms with E-state index in [0.29, 0.717) is 32.0 Å². The summed E-state index contributed by atoms with van der Waals surface area (Å²) in [6.07, 6.45) is 3.57. The van der Waals surface area contributed by atoms with E-state index in [4.69, 9.17) is 9.73 Å². The summed E-state index contributed by atoms with van der Waals surface area (Å²) in [5, 5.41) is 7.31. The number of hydrogen-bond acceptors (Lipinski definition) is 6. The average Bonchev–Trinajstić information content (AvgIpc) is 3.37. The third-order valence-corrected chi connectivity index (χ3v) is 7.63. The predicted molar refractivity (Wildman–Crippen MR) is 145 cm³/mol. The summed E-state index contributed by atoms with van der Waals surface area (Å²) in [5.74, 6) is 0.392. The van der Waals surface area contributed by atoms with Gasteiger partial charge in [0, 0.05) is 24.0 Å². The third-order valence-electron chi connectivity index (χ3n) is 6.65. The molecule has 8 nitrogen and oxygen atoms in total. The van der Waals surface area contributed by atoms with Crippen LogP contribution in [-0.2, 0) is 11.8 Å². The first-order valence-electron chi connectivity index (χ1n) is 11.8. The molecule has 1 unspecified atom stereocenters. The number of thiazole rings is 1. The van der Waals surface area contributed by atoms with Gasteiger partial charge in [0.25, 0.3) is 11.5 Å². The Morgan fingerprint density at radius 3 is 2.49 bits per heavy atom. The highest BCUT2D eigenvalue weighted by molar-refractivity contribution is 7.07. The van der Waals surface area contributed by atoms with Gasteiger partial charge in [0.15, 0.2) is 4.80 Å². The van der Waals surface area contributed by atoms with Crippen LogP contribution >= 0.6 is 11.3 Å². The minimum atomic E-state index is -0.650. The molecule has 9 heteroatoms. The number of benzene rings is 2. The predicted octanol–water partition coefficient (Wildman–Crippen LogP) is 3.23. The van der Waals surface area contributed by atoms with Gasteiger partial charge in [-0.15, -0.1) is 0 Å². The van der Waals surface area contributed by atoms with E-state index in [-0.39, 0.29) is 11.5 Å². The maximum Gasteiger partial charge on any atom is 0.271 e. The van der Waals surface area contributed by atoms with Gasteiger partial charge in [-0.1, -0.05) is 41.7 Å². The molecule has 2 aromatic heterocycles. The number of carbonyl (C=O) groups excluding carboxylic acids is 1. The maximum absolute atomic E-state index is 13.8. The fourth-order valence-corrected chi connectivity index (χ4v) is 5.45. The Labute approximate surface area is 217 Å². The van der Waals surface area contributed by atoms with Crippen molar-refractivity contribution in [1.82, 2.24) is 14.3 Å². The number of carbonyl (C=O) groups is 1. The molecule has 1 amide bonds. The van der Waals surface area contributed by atoms with Crippen LogP contribution < -0.4 is 24.9 Å². The fourth-order valence-electron chi connectivity index (χ4n) is 4.41. The second-order valence-electron chi connectivity index (χ2n) is 8.93. The average molecular weight is 514 g/mol. The highest BCUT2D eigenvalue weighted by Gasteiger charge is 2.32. The zero-order valence-corrected chi connectivity index (χ0v) is 22.1. The smallest absolute Gasteiger partial charge is 0.271 e. The second kappa shape index (κ2) is 9.67. The summed E-state index contributed by atoms with van der Waals surface area (Å²) in [6, 6.07) is 14.4. The lowest BCUT2D eigenvalue weighted by atomic mass is 9.95. The van der Waals surface area contributed by atoms with Crippen molar-refractivity contribution >= 4 is 29.0 Å². The van der Waals surface area contributed by atoms with E-state index in [2.05, 4.69) is 10.4 Å². The van der Waals surface area contributed by atoms with Crippen molar-refractivity contribution < 1.29 is 9.53 Å². The zero-order valence-electron chi connectivity index (χ0n) is 21.3. The van der Waals surface area contributed by atoms with Crippen molar-refractivity contribution in [2.24, 2.45) is 12.0 Å². The van der Waals surface area contributed by atoms with Crippen molar-refractivity contribution in [3.63, 3.8) is 0 Å². The van der Waals surface area contributed by atoms with Crippen LogP contribution in [0.3, 0.4) is 0 Å². The van der Waals surface area contributed by atoms with Crippen LogP contribution in [0.5, 0.6) is 5.75 Å². The van der Waals surface area contributed by atoms with E-state index in [1.165, 1.54) is 11.3 Å². The van der Waals surface area contributed by atoms with Gasteiger partial charge in [-0.3, -0.25) is 18.8 Å². The minimum Gasteiger partial charge on any atom is -0.497 e. The van der Waals surface area contributed by atoms with Crippen molar-refractivity contribution in [1.29, 1.82) is 0 Å². The van der Waals surface area contributed by atoms with Crippen LogP contribution in [0.2, 0.25) is 0 Å². The number of nitrogens with zero attached hydrogens (tertiary/aromatic N) is 4. The van der Waals surface area contributed by atoms with Gasteiger partial charge in [-0.25, -0.2) is 4.99 Å². The lowest BCUT2D eigenvalue weighted by Crippen LogP contribution is -2.40. The van der Waals surface area contributed by atoms with Crippen LogP contribution in [0.25, 0.3) is 6.08 Å². The third kappa shape index (κ3) is 4.42. The standard InChI is InChI=1S/C28H27N5O3S/c1-16-8-6-7-9-22(16)31-26(34)24-17(2)30-28-33(25(24)19-10-12-21(36-5)13-11-19)27(35)23(37-28)14-20-15-29-32(4)18(20)3/h6-15,25H,1-5H3,(H,31,34). The molecular formula is C28H27N5O3S. The number of methoxy groups -OCH3 is 1. The van der Waals surface area contributed by atoms with E-state index in [9.17, 15) is 9.59 Å². The first-order valence-corrected chi connectivity index (χ1v) is 12.6. The van der Waals surface area contributed by atoms with Crippen LogP contribution in [0.1, 0.15) is 35.3 Å². The molecule has 5 rings (SSSR count). The van der Waals surface area contributed by atoms with Gasteiger partial charge in [-0.05, 0) is 56.2 Å². The summed E-state index contributed by atoms with van der Waals surface area (Å²) >= 11 is 1.31. The SMILES string of the molecule is COc1ccc(C2C(C(=O)Nc3ccccc3C)=C(C)N=c3sc(=Cc4cnn(C)c4C)c(=O)n32)cc1. The number of amides is 1. The van der Waals surface area contributed by atoms with Gasteiger partial charge in [0.2, 0.25) is 0 Å². The number of rotatable bonds is 5. The normalized spacial score (nSPS) is 15.4. The molecule has 1 aliphatic heterocycles. The number of nitrogens with one attached hydrogen (secondary N) is 1. The molecule has 0 radical (unpaired) electrons. The molecule has 1 atom stereocenters. The molecule has 1 aliphatic rings. The molecular weight excluding hydrogens is 486 g/mol. The molecule has 0 bridgehead atoms. The zero-order chi connectivity index (χ0) is 26.3. The Hall–Kier alpha value is -4.24. The van der Waals surface area contributed by atoms with Gasteiger partial charge in [0.1, 0.15) is 5.75 Å². The van der Waals surface area contributed by atoms with Crippen molar-refractivity contribution in [3.05, 3.63) is 108 Å². The lowest BCUT2D eigenvalue weighted by molar-refractivity contribution is -0.113. The number of aromatic nitrogens is 3. The summed E-state index contributed by atoms with van der Waals surface area (Å²) in [5.41, 5.74) is 5.04. The molecule has 0 fully saturated rings. The summed E-state index contributed by atoms with van der Waals surface area (Å²) in [4.78, 5) is 32.8. The second-order valence-corrected chi connectivity index (χ2v) is 9.94. The largest absolute Gasteiger partial charge is 0.497 e. The highest BCUT2D eigenvalue weighted by atomic mass is 32.1. The number of ether oxygens (including phenoxy) is 1. The van der Waals surface area contributed by atoms with Crippen molar-refractivity contribution in [3.8, 4) is 5.75 Å². The molecule has 1 N–H and O–H groups in total. The summed E-state index contributed by atoms with van der Waals surface area (Å²) < 4.78 is 9.24. The van der Waals surface area contributed by atoms with E-state index in [1.54, 1.807) is 22.6 Å². The number of para-hydroxylation sites is 1. The number of allylic oxidation sites excluding steroid dienone is 1. The van der Waals surface area contributed by atoms with Crippen LogP contribution in [0.4, 0.5) is 5.69 Å². The van der Waals surface area contributed by atoms with E-state index < -0.39 is 6.04 Å². The van der Waals surface area contributed by atoms with Gasteiger partial charge in [-0.2, -0.15) is 5.10 Å². The van der Waals surface area contributed by atoms with Crippen LogP contribution in [0, 0.1) is 13.8 Å². The fraction of sp³-hybridized carbons (Fsp3) is 0.214. The highest BCUT2D eigenvalue weighted by Crippen LogP contribution is 2.32. The Balaban J connectivity index is 1.68. The molecule has 0 saturated carbocycles. The van der Waals surface area contributed by atoms with Crippen LogP contribution in [0.15, 0.2) is 75.8 Å². The first kappa shape index (κ1) is 24.5. The Morgan fingerprint density at radius 2 is 1.84 bits per heavy atom. The van der Waals surface area contributed by atoms with E-state index in [1.807, 2.05) is 82.4 Å². The number of hydrogen-bond donors (Lipinski definition) is 1. The van der Waals surface area contributed by atoms with E-state index in [0.717, 1.165) is 22.4 Å². The summed E-state index contributed by atoms with van der Waals surface area (Å²) in [6.45, 7) is 5.70. The molecule has 0 saturated heterocycles. The Morgan fingerprint density at radius 1 is 1.11 bits per heavy atom. The van der Waals surface area contributed by atoms with Crippen molar-refractivity contribution in [2.45, 2.75) is 26.8 Å². The maximum atomic E-state index is 13.8. The molecule has 0 spiro atoms. The molecule has 188 valence electrons. The number of aryl methyl sites for hydroxylation is 2. The minimum absolute atomic E-state index is 0.207. The Bertz CT molecular complexity index is 1720. The van der Waals surface area contributed by atoms with E-state index >= 15 is 0 Å². The summed E-state index contributed by atoms with van der Waals surface area (Å²) in [7, 11) is 3.46. The van der Waals surface area contributed by atoms with Gasteiger partial charge >= 0.3 is 0 Å². The monoisotopic (exact) mass is 513 g/mol. The number of anilines is 1. The molecule has 2 aromatic carbocycles. The van der Waals surface area contributed by atoms with Gasteiger partial charge < -0.3 is 10.1 Å². The molecule has 37 heavy (non-hydrogen) atoms. The topological polar surface area (TPSA) is 90.5 Å². The van der Waals surface area contributed by atoms with Crippen molar-refractivity contribution in [2.75, 3.05) is 12.4 Å². The molecule has 3 heterocycles. The number of fused-ring (bicyclic) bond motifs is 1. The quantitative estimate of drug-likeness (QED) is 0.444. The Kier molecular flexibility index (Phi) is 6.39. The lowest BCUT2D eigenvalue weighted by Gasteiger charge is -2.25. The first-order chi connectivity index (χ1) is 17.8.